The topological polar surface area (TPSA) is 73.6 Å². The van der Waals surface area contributed by atoms with Gasteiger partial charge in [0.15, 0.2) is 0 Å². The number of nitrogens with zero attached hydrogens (tertiary/aromatic N) is 1. The molecule has 2 aromatic carbocycles. The van der Waals surface area contributed by atoms with Crippen LogP contribution >= 0.6 is 0 Å². The molecule has 1 N–H and O–H groups in total. The molecular weight excluding hydrogens is 368 g/mol. The summed E-state index contributed by atoms with van der Waals surface area (Å²) in [5.74, 6) is 2.18. The Morgan fingerprint density at radius 3 is 2.10 bits per heavy atom. The molecule has 0 bridgehead atoms. The highest BCUT2D eigenvalue weighted by Crippen LogP contribution is 2.23. The molecule has 6 heteroatoms. The first-order chi connectivity index (χ1) is 14.0. The second kappa shape index (κ2) is 9.28. The molecule has 0 unspecified atom stereocenters. The number of ether oxygens (including phenoxy) is 2. The number of benzene rings is 2. The Kier molecular flexibility index (Phi) is 6.54. The first-order valence-corrected chi connectivity index (χ1v) is 9.48. The predicted octanol–water partition coefficient (Wildman–Crippen LogP) is 3.95. The molecule has 0 saturated heterocycles. The first kappa shape index (κ1) is 20.5. The Morgan fingerprint density at radius 1 is 1.00 bits per heavy atom. The molecule has 1 aromatic heterocycles. The number of nitrogens with one attached hydrogen (secondary N) is 1. The minimum atomic E-state index is -0.178. The van der Waals surface area contributed by atoms with E-state index >= 15 is 0 Å². The number of carbonyl (C=O) groups excluding carboxylic acids is 1. The molecule has 0 aliphatic carbocycles. The van der Waals surface area contributed by atoms with Gasteiger partial charge in [0.1, 0.15) is 17.3 Å². The zero-order valence-electron chi connectivity index (χ0n) is 17.2. The molecule has 0 spiro atoms. The lowest BCUT2D eigenvalue weighted by atomic mass is 9.98. The number of hydrogen-bond donors (Lipinski definition) is 1. The van der Waals surface area contributed by atoms with Gasteiger partial charge >= 0.3 is 0 Å². The molecule has 6 nitrogen and oxygen atoms in total. The van der Waals surface area contributed by atoms with Crippen molar-refractivity contribution in [3.63, 3.8) is 0 Å². The summed E-state index contributed by atoms with van der Waals surface area (Å²) in [5.41, 5.74) is 3.69. The monoisotopic (exact) mass is 394 g/mol. The average Bonchev–Trinajstić information content (AvgIpc) is 3.06. The molecule has 29 heavy (non-hydrogen) atoms. The Balaban J connectivity index is 1.79. The first-order valence-electron chi connectivity index (χ1n) is 9.48. The van der Waals surface area contributed by atoms with Gasteiger partial charge in [-0.1, -0.05) is 29.4 Å². The molecule has 0 aliphatic rings. The highest BCUT2D eigenvalue weighted by Gasteiger charge is 2.19. The molecule has 0 radical (unpaired) electrons. The second-order valence-corrected chi connectivity index (χ2v) is 6.92. The Labute approximate surface area is 170 Å². The maximum Gasteiger partial charge on any atom is 0.225 e. The smallest absolute Gasteiger partial charge is 0.225 e. The van der Waals surface area contributed by atoms with Gasteiger partial charge in [-0.05, 0) is 55.7 Å². The lowest BCUT2D eigenvalue weighted by Gasteiger charge is -2.20. The van der Waals surface area contributed by atoms with Gasteiger partial charge in [0.2, 0.25) is 5.91 Å². The van der Waals surface area contributed by atoms with Crippen molar-refractivity contribution in [2.24, 2.45) is 0 Å². The standard InChI is InChI=1S/C23H26N2O4/c1-15-21(16(2)29-25-15)14-23(26)24-22(18-7-11-20(28-4)12-8-18)13-17-5-9-19(27-3)10-6-17/h5-12,22H,13-14H2,1-4H3,(H,24,26)/t22-/m0/s1. The van der Waals surface area contributed by atoms with Crippen molar-refractivity contribution in [3.8, 4) is 11.5 Å². The zero-order chi connectivity index (χ0) is 20.8. The fourth-order valence-electron chi connectivity index (χ4n) is 3.25. The van der Waals surface area contributed by atoms with Crippen molar-refractivity contribution in [1.29, 1.82) is 0 Å². The minimum Gasteiger partial charge on any atom is -0.497 e. The Hall–Kier alpha value is -3.28. The van der Waals surface area contributed by atoms with Crippen LogP contribution in [0.2, 0.25) is 0 Å². The van der Waals surface area contributed by atoms with Crippen LogP contribution in [0.4, 0.5) is 0 Å². The van der Waals surface area contributed by atoms with E-state index in [-0.39, 0.29) is 18.4 Å². The lowest BCUT2D eigenvalue weighted by Crippen LogP contribution is -2.31. The van der Waals surface area contributed by atoms with E-state index in [2.05, 4.69) is 10.5 Å². The fourth-order valence-corrected chi connectivity index (χ4v) is 3.25. The summed E-state index contributed by atoms with van der Waals surface area (Å²) >= 11 is 0. The Morgan fingerprint density at radius 2 is 1.59 bits per heavy atom. The van der Waals surface area contributed by atoms with Gasteiger partial charge in [-0.2, -0.15) is 0 Å². The zero-order valence-corrected chi connectivity index (χ0v) is 17.2. The van der Waals surface area contributed by atoms with E-state index < -0.39 is 0 Å². The van der Waals surface area contributed by atoms with Crippen LogP contribution in [0, 0.1) is 13.8 Å². The van der Waals surface area contributed by atoms with Crippen molar-refractivity contribution in [3.05, 3.63) is 76.7 Å². The number of amides is 1. The van der Waals surface area contributed by atoms with Crippen LogP contribution < -0.4 is 14.8 Å². The van der Waals surface area contributed by atoms with Crippen LogP contribution in [-0.4, -0.2) is 25.3 Å². The van der Waals surface area contributed by atoms with Crippen LogP contribution in [0.1, 0.15) is 34.2 Å². The maximum atomic E-state index is 12.8. The molecule has 0 aliphatic heterocycles. The summed E-state index contributed by atoms with van der Waals surface area (Å²) in [7, 11) is 3.28. The average molecular weight is 394 g/mol. The molecule has 1 heterocycles. The third-order valence-electron chi connectivity index (χ3n) is 4.97. The van der Waals surface area contributed by atoms with Crippen molar-refractivity contribution in [1.82, 2.24) is 10.5 Å². The van der Waals surface area contributed by atoms with E-state index in [4.69, 9.17) is 14.0 Å². The van der Waals surface area contributed by atoms with Crippen molar-refractivity contribution in [2.45, 2.75) is 32.7 Å². The molecular formula is C23H26N2O4. The summed E-state index contributed by atoms with van der Waals surface area (Å²) in [6.45, 7) is 3.67. The summed E-state index contributed by atoms with van der Waals surface area (Å²) in [6.07, 6.45) is 0.889. The predicted molar refractivity (Wildman–Crippen MR) is 110 cm³/mol. The molecule has 1 amide bonds. The molecule has 3 rings (SSSR count). The van der Waals surface area contributed by atoms with Crippen LogP contribution in [0.3, 0.4) is 0 Å². The minimum absolute atomic E-state index is 0.0753. The largest absolute Gasteiger partial charge is 0.497 e. The van der Waals surface area contributed by atoms with Gasteiger partial charge in [-0.15, -0.1) is 0 Å². The van der Waals surface area contributed by atoms with Gasteiger partial charge in [-0.25, -0.2) is 0 Å². The third kappa shape index (κ3) is 5.16. The lowest BCUT2D eigenvalue weighted by molar-refractivity contribution is -0.121. The van der Waals surface area contributed by atoms with E-state index in [1.54, 1.807) is 14.2 Å². The number of carbonyl (C=O) groups is 1. The van der Waals surface area contributed by atoms with Crippen molar-refractivity contribution >= 4 is 5.91 Å². The molecule has 3 aromatic rings. The fraction of sp³-hybridized carbons (Fsp3) is 0.304. The van der Waals surface area contributed by atoms with Gasteiger partial charge in [-0.3, -0.25) is 4.79 Å². The summed E-state index contributed by atoms with van der Waals surface area (Å²) in [4.78, 5) is 12.8. The third-order valence-corrected chi connectivity index (χ3v) is 4.97. The summed E-state index contributed by atoms with van der Waals surface area (Å²) in [5, 5.41) is 7.09. The van der Waals surface area contributed by atoms with E-state index in [1.807, 2.05) is 62.4 Å². The van der Waals surface area contributed by atoms with Crippen molar-refractivity contribution < 1.29 is 18.8 Å². The number of aryl methyl sites for hydroxylation is 2. The number of hydrogen-bond acceptors (Lipinski definition) is 5. The van der Waals surface area contributed by atoms with Gasteiger partial charge in [0.25, 0.3) is 0 Å². The second-order valence-electron chi connectivity index (χ2n) is 6.92. The summed E-state index contributed by atoms with van der Waals surface area (Å²) in [6, 6.07) is 15.4. The molecule has 1 atom stereocenters. The quantitative estimate of drug-likeness (QED) is 0.626. The number of rotatable bonds is 8. The van der Waals surface area contributed by atoms with Crippen LogP contribution in [0.15, 0.2) is 53.1 Å². The molecule has 0 fully saturated rings. The van der Waals surface area contributed by atoms with Crippen LogP contribution in [0.5, 0.6) is 11.5 Å². The van der Waals surface area contributed by atoms with Gasteiger partial charge in [0, 0.05) is 5.56 Å². The van der Waals surface area contributed by atoms with Gasteiger partial charge in [0.05, 0.1) is 32.4 Å². The van der Waals surface area contributed by atoms with E-state index in [0.717, 1.165) is 33.9 Å². The van der Waals surface area contributed by atoms with E-state index in [9.17, 15) is 4.79 Å². The summed E-state index contributed by atoms with van der Waals surface area (Å²) < 4.78 is 15.7. The Bertz CT molecular complexity index is 927. The maximum absolute atomic E-state index is 12.8. The number of methoxy groups -OCH3 is 2. The van der Waals surface area contributed by atoms with Crippen molar-refractivity contribution in [2.75, 3.05) is 14.2 Å². The van der Waals surface area contributed by atoms with Crippen LogP contribution in [0.25, 0.3) is 0 Å². The molecule has 0 saturated carbocycles. The normalized spacial score (nSPS) is 11.7. The highest BCUT2D eigenvalue weighted by atomic mass is 16.5. The van der Waals surface area contributed by atoms with Gasteiger partial charge < -0.3 is 19.3 Å². The molecule has 152 valence electrons. The van der Waals surface area contributed by atoms with E-state index in [0.29, 0.717) is 12.2 Å². The van der Waals surface area contributed by atoms with E-state index in [1.165, 1.54) is 0 Å². The van der Waals surface area contributed by atoms with Crippen LogP contribution in [-0.2, 0) is 17.6 Å². The SMILES string of the molecule is COc1ccc(C[C@H](NC(=O)Cc2c(C)noc2C)c2ccc(OC)cc2)cc1. The number of aromatic nitrogens is 1. The highest BCUT2D eigenvalue weighted by molar-refractivity contribution is 5.79.